The Balaban J connectivity index is 0.00000288. The van der Waals surface area contributed by atoms with Gasteiger partial charge in [-0.2, -0.15) is 0 Å². The first-order valence-electron chi connectivity index (χ1n) is 8.59. The molecule has 0 spiro atoms. The number of likely N-dealkylation sites (tertiary alicyclic amines) is 1. The second kappa shape index (κ2) is 10.8. The molecule has 0 aliphatic carbocycles. The topological polar surface area (TPSA) is 62.9 Å². The van der Waals surface area contributed by atoms with Crippen LogP contribution in [0.25, 0.3) is 0 Å². The molecule has 1 aromatic rings. The van der Waals surface area contributed by atoms with E-state index in [2.05, 4.69) is 35.1 Å². The molecule has 1 heterocycles. The Morgan fingerprint density at radius 1 is 1.50 bits per heavy atom. The summed E-state index contributed by atoms with van der Waals surface area (Å²) in [5, 5.41) is 3.25. The fourth-order valence-electron chi connectivity index (χ4n) is 3.01. The van der Waals surface area contributed by atoms with E-state index < -0.39 is 0 Å². The zero-order valence-corrected chi connectivity index (χ0v) is 17.3. The molecule has 0 bridgehead atoms. The van der Waals surface area contributed by atoms with Crippen LogP contribution >= 0.6 is 24.0 Å². The molecular weight excluding hydrogens is 415 g/mol. The minimum Gasteiger partial charge on any atom is -0.489 e. The van der Waals surface area contributed by atoms with Gasteiger partial charge in [-0.1, -0.05) is 19.1 Å². The number of hydrogen-bond acceptors (Lipinski definition) is 3. The zero-order valence-electron chi connectivity index (χ0n) is 15.0. The summed E-state index contributed by atoms with van der Waals surface area (Å²) in [4.78, 5) is 6.88. The number of guanidine groups is 1. The number of ether oxygens (including phenoxy) is 1. The Bertz CT molecular complexity index is 523. The molecule has 0 saturated carbocycles. The summed E-state index contributed by atoms with van der Waals surface area (Å²) in [6.07, 6.45) is 2.51. The predicted octanol–water partition coefficient (Wildman–Crippen LogP) is 2.77. The SMILES string of the molecule is CCN1CCCC1CNC(N)=NCC(C)Oc1cccc(C)c1.I. The molecule has 0 aromatic heterocycles. The van der Waals surface area contributed by atoms with Gasteiger partial charge in [-0.25, -0.2) is 4.99 Å². The van der Waals surface area contributed by atoms with E-state index in [1.54, 1.807) is 0 Å². The molecule has 6 heteroatoms. The lowest BCUT2D eigenvalue weighted by atomic mass is 10.2. The summed E-state index contributed by atoms with van der Waals surface area (Å²) in [5.41, 5.74) is 7.16. The maximum atomic E-state index is 5.97. The lowest BCUT2D eigenvalue weighted by molar-refractivity contribution is 0.230. The highest BCUT2D eigenvalue weighted by Gasteiger charge is 2.22. The van der Waals surface area contributed by atoms with Crippen molar-refractivity contribution in [3.8, 4) is 5.75 Å². The molecular formula is C18H31IN4O. The summed E-state index contributed by atoms with van der Waals surface area (Å²) in [6, 6.07) is 8.63. The van der Waals surface area contributed by atoms with Crippen molar-refractivity contribution in [2.75, 3.05) is 26.2 Å². The number of benzene rings is 1. The summed E-state index contributed by atoms with van der Waals surface area (Å²) in [7, 11) is 0. The number of nitrogens with two attached hydrogens (primary N) is 1. The highest BCUT2D eigenvalue weighted by molar-refractivity contribution is 14.0. The van der Waals surface area contributed by atoms with Gasteiger partial charge >= 0.3 is 0 Å². The predicted molar refractivity (Wildman–Crippen MR) is 111 cm³/mol. The Morgan fingerprint density at radius 3 is 3.00 bits per heavy atom. The molecule has 5 nitrogen and oxygen atoms in total. The molecule has 1 aliphatic rings. The third-order valence-corrected chi connectivity index (χ3v) is 4.27. The lowest BCUT2D eigenvalue weighted by Gasteiger charge is -2.23. The van der Waals surface area contributed by atoms with Crippen LogP contribution in [0.1, 0.15) is 32.3 Å². The molecule has 2 rings (SSSR count). The maximum absolute atomic E-state index is 5.97. The van der Waals surface area contributed by atoms with Gasteiger partial charge in [0.1, 0.15) is 11.9 Å². The largest absolute Gasteiger partial charge is 0.489 e. The van der Waals surface area contributed by atoms with E-state index in [4.69, 9.17) is 10.5 Å². The van der Waals surface area contributed by atoms with Crippen molar-refractivity contribution >= 4 is 29.9 Å². The van der Waals surface area contributed by atoms with Crippen molar-refractivity contribution in [2.45, 2.75) is 45.8 Å². The van der Waals surface area contributed by atoms with Gasteiger partial charge in [0, 0.05) is 12.6 Å². The first-order valence-corrected chi connectivity index (χ1v) is 8.59. The molecule has 0 amide bonds. The average Bonchev–Trinajstić information content (AvgIpc) is 2.98. The normalized spacial score (nSPS) is 19.6. The van der Waals surface area contributed by atoms with E-state index in [0.29, 0.717) is 18.5 Å². The quantitative estimate of drug-likeness (QED) is 0.384. The smallest absolute Gasteiger partial charge is 0.188 e. The number of rotatable bonds is 7. The molecule has 24 heavy (non-hydrogen) atoms. The van der Waals surface area contributed by atoms with Gasteiger partial charge in [0.2, 0.25) is 0 Å². The number of halogens is 1. The van der Waals surface area contributed by atoms with E-state index in [9.17, 15) is 0 Å². The summed E-state index contributed by atoms with van der Waals surface area (Å²) in [6.45, 7) is 9.99. The monoisotopic (exact) mass is 446 g/mol. The summed E-state index contributed by atoms with van der Waals surface area (Å²) < 4.78 is 5.86. The van der Waals surface area contributed by atoms with Crippen molar-refractivity contribution < 1.29 is 4.74 Å². The van der Waals surface area contributed by atoms with Crippen LogP contribution in [0.2, 0.25) is 0 Å². The number of aryl methyl sites for hydroxylation is 1. The van der Waals surface area contributed by atoms with Crippen LogP contribution < -0.4 is 15.8 Å². The van der Waals surface area contributed by atoms with Crippen LogP contribution in [0, 0.1) is 6.92 Å². The zero-order chi connectivity index (χ0) is 16.7. The molecule has 2 atom stereocenters. The van der Waals surface area contributed by atoms with Gasteiger partial charge < -0.3 is 15.8 Å². The van der Waals surface area contributed by atoms with Gasteiger partial charge in [0.25, 0.3) is 0 Å². The Hall–Kier alpha value is -1.02. The molecule has 136 valence electrons. The minimum absolute atomic E-state index is 0. The van der Waals surface area contributed by atoms with E-state index >= 15 is 0 Å². The number of likely N-dealkylation sites (N-methyl/N-ethyl adjacent to an activating group) is 1. The fourth-order valence-corrected chi connectivity index (χ4v) is 3.01. The van der Waals surface area contributed by atoms with Gasteiger partial charge in [-0.3, -0.25) is 4.90 Å². The van der Waals surface area contributed by atoms with Crippen LogP contribution in [0.3, 0.4) is 0 Å². The number of hydrogen-bond donors (Lipinski definition) is 2. The van der Waals surface area contributed by atoms with E-state index in [1.165, 1.54) is 24.9 Å². The number of nitrogens with zero attached hydrogens (tertiary/aromatic N) is 2. The Labute approximate surface area is 163 Å². The molecule has 3 N–H and O–H groups in total. The van der Waals surface area contributed by atoms with Crippen LogP contribution in [0.4, 0.5) is 0 Å². The van der Waals surface area contributed by atoms with Crippen molar-refractivity contribution in [1.29, 1.82) is 0 Å². The first kappa shape index (κ1) is 21.0. The third kappa shape index (κ3) is 6.84. The standard InChI is InChI=1S/C18H30N4O.HI/c1-4-22-10-6-8-16(22)13-21-18(19)20-12-15(3)23-17-9-5-7-14(2)11-17;/h5,7,9,11,15-16H,4,6,8,10,12-13H2,1-3H3,(H3,19,20,21);1H. The molecule has 1 saturated heterocycles. The van der Waals surface area contributed by atoms with Gasteiger partial charge in [-0.05, 0) is 57.5 Å². The van der Waals surface area contributed by atoms with Crippen molar-refractivity contribution in [3.63, 3.8) is 0 Å². The Morgan fingerprint density at radius 2 is 2.29 bits per heavy atom. The highest BCUT2D eigenvalue weighted by atomic mass is 127. The van der Waals surface area contributed by atoms with Crippen LogP contribution in [-0.4, -0.2) is 49.2 Å². The van der Waals surface area contributed by atoms with Gasteiger partial charge in [0.05, 0.1) is 6.54 Å². The molecule has 0 radical (unpaired) electrons. The maximum Gasteiger partial charge on any atom is 0.188 e. The molecule has 1 aliphatic heterocycles. The average molecular weight is 446 g/mol. The number of nitrogens with one attached hydrogen (secondary N) is 1. The van der Waals surface area contributed by atoms with Crippen LogP contribution in [-0.2, 0) is 0 Å². The Kier molecular flexibility index (Phi) is 9.43. The molecule has 2 unspecified atom stereocenters. The highest BCUT2D eigenvalue weighted by Crippen LogP contribution is 2.15. The van der Waals surface area contributed by atoms with Crippen molar-refractivity contribution in [1.82, 2.24) is 10.2 Å². The van der Waals surface area contributed by atoms with Gasteiger partial charge in [-0.15, -0.1) is 24.0 Å². The van der Waals surface area contributed by atoms with E-state index in [0.717, 1.165) is 18.8 Å². The van der Waals surface area contributed by atoms with E-state index in [1.807, 2.05) is 25.1 Å². The van der Waals surface area contributed by atoms with Crippen molar-refractivity contribution in [2.24, 2.45) is 10.7 Å². The van der Waals surface area contributed by atoms with Crippen LogP contribution in [0.15, 0.2) is 29.3 Å². The number of aliphatic imine (C=N–C) groups is 1. The second-order valence-electron chi connectivity index (χ2n) is 6.28. The first-order chi connectivity index (χ1) is 11.1. The fraction of sp³-hybridized carbons (Fsp3) is 0.611. The van der Waals surface area contributed by atoms with Crippen molar-refractivity contribution in [3.05, 3.63) is 29.8 Å². The third-order valence-electron chi connectivity index (χ3n) is 4.27. The van der Waals surface area contributed by atoms with Crippen LogP contribution in [0.5, 0.6) is 5.75 Å². The summed E-state index contributed by atoms with van der Waals surface area (Å²) >= 11 is 0. The molecule has 1 fully saturated rings. The van der Waals surface area contributed by atoms with E-state index in [-0.39, 0.29) is 30.1 Å². The summed E-state index contributed by atoms with van der Waals surface area (Å²) in [5.74, 6) is 1.39. The lowest BCUT2D eigenvalue weighted by Crippen LogP contribution is -2.43. The minimum atomic E-state index is -0.00392. The van der Waals surface area contributed by atoms with Gasteiger partial charge in [0.15, 0.2) is 5.96 Å². The second-order valence-corrected chi connectivity index (χ2v) is 6.28. The molecule has 1 aromatic carbocycles.